The fraction of sp³-hybridized carbons (Fsp3) is 0.261. The van der Waals surface area contributed by atoms with E-state index < -0.39 is 0 Å². The number of carbonyl (C=O) groups is 1. The highest BCUT2D eigenvalue weighted by atomic mass is 16.1. The summed E-state index contributed by atoms with van der Waals surface area (Å²) in [6.45, 7) is 4.89. The third kappa shape index (κ3) is 5.39. The Morgan fingerprint density at radius 2 is 1.75 bits per heavy atom. The molecule has 2 N–H and O–H groups in total. The SMILES string of the molecule is CC(C)c1ccccc1Nc1nccc(C(=O)NCCCc2ccccc2)n1. The van der Waals surface area contributed by atoms with Crippen molar-refractivity contribution in [3.05, 3.63) is 83.7 Å². The topological polar surface area (TPSA) is 66.9 Å². The van der Waals surface area contributed by atoms with Crippen molar-refractivity contribution in [2.24, 2.45) is 0 Å². The highest BCUT2D eigenvalue weighted by Gasteiger charge is 2.11. The van der Waals surface area contributed by atoms with Crippen LogP contribution >= 0.6 is 0 Å². The molecule has 0 aliphatic carbocycles. The normalized spacial score (nSPS) is 10.7. The first-order valence-electron chi connectivity index (χ1n) is 9.64. The van der Waals surface area contributed by atoms with E-state index in [1.165, 1.54) is 11.1 Å². The minimum atomic E-state index is -0.185. The molecule has 5 nitrogen and oxygen atoms in total. The Kier molecular flexibility index (Phi) is 6.73. The van der Waals surface area contributed by atoms with E-state index in [2.05, 4.69) is 52.6 Å². The summed E-state index contributed by atoms with van der Waals surface area (Å²) in [6.07, 6.45) is 3.42. The number of anilines is 2. The van der Waals surface area contributed by atoms with Crippen LogP contribution in [-0.2, 0) is 6.42 Å². The van der Waals surface area contributed by atoms with Gasteiger partial charge in [-0.25, -0.2) is 9.97 Å². The van der Waals surface area contributed by atoms with Gasteiger partial charge in [0, 0.05) is 18.4 Å². The number of amides is 1. The van der Waals surface area contributed by atoms with Crippen LogP contribution in [0.4, 0.5) is 11.6 Å². The Bertz CT molecular complexity index is 909. The number of rotatable bonds is 8. The zero-order valence-corrected chi connectivity index (χ0v) is 16.4. The van der Waals surface area contributed by atoms with Crippen molar-refractivity contribution >= 4 is 17.5 Å². The summed E-state index contributed by atoms with van der Waals surface area (Å²) < 4.78 is 0. The number of aromatic nitrogens is 2. The summed E-state index contributed by atoms with van der Waals surface area (Å²) >= 11 is 0. The third-order valence-electron chi connectivity index (χ3n) is 4.49. The molecule has 0 bridgehead atoms. The van der Waals surface area contributed by atoms with Crippen molar-refractivity contribution in [1.82, 2.24) is 15.3 Å². The maximum absolute atomic E-state index is 12.4. The number of carbonyl (C=O) groups excluding carboxylic acids is 1. The van der Waals surface area contributed by atoms with E-state index in [-0.39, 0.29) is 5.91 Å². The third-order valence-corrected chi connectivity index (χ3v) is 4.49. The predicted octanol–water partition coefficient (Wildman–Crippen LogP) is 4.71. The average Bonchev–Trinajstić information content (AvgIpc) is 2.72. The van der Waals surface area contributed by atoms with Crippen molar-refractivity contribution in [3.63, 3.8) is 0 Å². The summed E-state index contributed by atoms with van der Waals surface area (Å²) in [5.41, 5.74) is 3.77. The lowest BCUT2D eigenvalue weighted by Crippen LogP contribution is -2.26. The van der Waals surface area contributed by atoms with Crippen molar-refractivity contribution < 1.29 is 4.79 Å². The van der Waals surface area contributed by atoms with Crippen LogP contribution in [0.15, 0.2) is 66.9 Å². The summed E-state index contributed by atoms with van der Waals surface area (Å²) in [7, 11) is 0. The van der Waals surface area contributed by atoms with E-state index in [9.17, 15) is 4.79 Å². The molecule has 0 spiro atoms. The van der Waals surface area contributed by atoms with Crippen LogP contribution in [0.25, 0.3) is 0 Å². The van der Waals surface area contributed by atoms with Gasteiger partial charge in [0.05, 0.1) is 0 Å². The molecule has 3 aromatic rings. The molecule has 5 heteroatoms. The van der Waals surface area contributed by atoms with Crippen molar-refractivity contribution in [1.29, 1.82) is 0 Å². The maximum Gasteiger partial charge on any atom is 0.270 e. The fourth-order valence-electron chi connectivity index (χ4n) is 3.01. The van der Waals surface area contributed by atoms with Gasteiger partial charge < -0.3 is 10.6 Å². The van der Waals surface area contributed by atoms with Crippen molar-refractivity contribution in [3.8, 4) is 0 Å². The minimum absolute atomic E-state index is 0.185. The molecule has 1 heterocycles. The summed E-state index contributed by atoms with van der Waals surface area (Å²) in [4.78, 5) is 21.0. The molecular formula is C23H26N4O. The van der Waals surface area contributed by atoms with Crippen molar-refractivity contribution in [2.45, 2.75) is 32.6 Å². The quantitative estimate of drug-likeness (QED) is 0.561. The summed E-state index contributed by atoms with van der Waals surface area (Å²) in [5.74, 6) is 0.612. The first-order chi connectivity index (χ1) is 13.6. The van der Waals surface area contributed by atoms with Crippen molar-refractivity contribution in [2.75, 3.05) is 11.9 Å². The van der Waals surface area contributed by atoms with Crippen LogP contribution in [0.3, 0.4) is 0 Å². The monoisotopic (exact) mass is 374 g/mol. The van der Waals surface area contributed by atoms with Gasteiger partial charge >= 0.3 is 0 Å². The van der Waals surface area contributed by atoms with E-state index in [0.717, 1.165) is 18.5 Å². The Hall–Kier alpha value is -3.21. The number of hydrogen-bond donors (Lipinski definition) is 2. The lowest BCUT2D eigenvalue weighted by atomic mass is 10.0. The van der Waals surface area contributed by atoms with Crippen LogP contribution in [0, 0.1) is 0 Å². The smallest absolute Gasteiger partial charge is 0.270 e. The zero-order valence-electron chi connectivity index (χ0n) is 16.4. The first-order valence-corrected chi connectivity index (χ1v) is 9.64. The molecule has 0 saturated carbocycles. The van der Waals surface area contributed by atoms with Gasteiger partial charge in [-0.3, -0.25) is 4.79 Å². The van der Waals surface area contributed by atoms with Crippen LogP contribution in [0.1, 0.15) is 47.8 Å². The molecule has 1 amide bonds. The Balaban J connectivity index is 1.57. The minimum Gasteiger partial charge on any atom is -0.351 e. The van der Waals surface area contributed by atoms with E-state index in [1.54, 1.807) is 12.3 Å². The largest absolute Gasteiger partial charge is 0.351 e. The first kappa shape index (κ1) is 19.5. The maximum atomic E-state index is 12.4. The molecule has 0 aliphatic rings. The molecule has 0 atom stereocenters. The molecule has 144 valence electrons. The number of aryl methyl sites for hydroxylation is 1. The molecule has 3 rings (SSSR count). The van der Waals surface area contributed by atoms with Gasteiger partial charge in [-0.05, 0) is 42.0 Å². The molecule has 2 aromatic carbocycles. The van der Waals surface area contributed by atoms with Gasteiger partial charge in [-0.2, -0.15) is 0 Å². The molecule has 1 aromatic heterocycles. The molecule has 0 fully saturated rings. The number of hydrogen-bond acceptors (Lipinski definition) is 4. The van der Waals surface area contributed by atoms with E-state index in [0.29, 0.717) is 24.1 Å². The zero-order chi connectivity index (χ0) is 19.8. The number of benzene rings is 2. The Morgan fingerprint density at radius 1 is 1.00 bits per heavy atom. The lowest BCUT2D eigenvalue weighted by Gasteiger charge is -2.13. The predicted molar refractivity (Wildman–Crippen MR) is 113 cm³/mol. The van der Waals surface area contributed by atoms with E-state index in [1.807, 2.05) is 36.4 Å². The molecule has 0 aliphatic heterocycles. The van der Waals surface area contributed by atoms with Gasteiger partial charge in [0.1, 0.15) is 5.69 Å². The van der Waals surface area contributed by atoms with Gasteiger partial charge in [-0.15, -0.1) is 0 Å². The number of nitrogens with one attached hydrogen (secondary N) is 2. The molecule has 0 unspecified atom stereocenters. The highest BCUT2D eigenvalue weighted by Crippen LogP contribution is 2.25. The van der Waals surface area contributed by atoms with Gasteiger partial charge in [0.15, 0.2) is 0 Å². The van der Waals surface area contributed by atoms with Crippen LogP contribution < -0.4 is 10.6 Å². The summed E-state index contributed by atoms with van der Waals surface area (Å²) in [6, 6.07) is 19.9. The second kappa shape index (κ2) is 9.65. The standard InChI is InChI=1S/C23H26N4O/c1-17(2)19-12-6-7-13-20(19)26-23-25-16-14-21(27-23)22(28)24-15-8-11-18-9-4-3-5-10-18/h3-7,9-10,12-14,16-17H,8,11,15H2,1-2H3,(H,24,28)(H,25,26,27). The molecule has 28 heavy (non-hydrogen) atoms. The number of nitrogens with zero attached hydrogens (tertiary/aromatic N) is 2. The molecule has 0 radical (unpaired) electrons. The van der Waals surface area contributed by atoms with E-state index >= 15 is 0 Å². The Morgan fingerprint density at radius 3 is 2.54 bits per heavy atom. The average molecular weight is 374 g/mol. The number of para-hydroxylation sites is 1. The second-order valence-electron chi connectivity index (χ2n) is 6.98. The second-order valence-corrected chi connectivity index (χ2v) is 6.98. The van der Waals surface area contributed by atoms with Crippen LogP contribution in [-0.4, -0.2) is 22.4 Å². The lowest BCUT2D eigenvalue weighted by molar-refractivity contribution is 0.0948. The van der Waals surface area contributed by atoms with Gasteiger partial charge in [0.2, 0.25) is 5.95 Å². The summed E-state index contributed by atoms with van der Waals surface area (Å²) in [5, 5.41) is 6.17. The molecular weight excluding hydrogens is 348 g/mol. The highest BCUT2D eigenvalue weighted by molar-refractivity contribution is 5.92. The Labute approximate surface area is 166 Å². The van der Waals surface area contributed by atoms with Crippen LogP contribution in [0.2, 0.25) is 0 Å². The van der Waals surface area contributed by atoms with E-state index in [4.69, 9.17) is 0 Å². The van der Waals surface area contributed by atoms with Gasteiger partial charge in [0.25, 0.3) is 5.91 Å². The van der Waals surface area contributed by atoms with Crippen LogP contribution in [0.5, 0.6) is 0 Å². The fourth-order valence-corrected chi connectivity index (χ4v) is 3.01. The van der Waals surface area contributed by atoms with Gasteiger partial charge in [-0.1, -0.05) is 62.4 Å². The molecule has 0 saturated heterocycles.